The molecule has 0 bridgehead atoms. The minimum atomic E-state index is -1.65. The first-order chi connectivity index (χ1) is 4.63. The van der Waals surface area contributed by atoms with E-state index in [0.717, 1.165) is 12.5 Å². The number of carbonyl (C=O) groups is 1. The molecule has 2 unspecified atom stereocenters. The highest BCUT2D eigenvalue weighted by atomic mass is 19.2. The van der Waals surface area contributed by atoms with Crippen LogP contribution < -0.4 is 11.3 Å². The van der Waals surface area contributed by atoms with Crippen molar-refractivity contribution >= 4 is 5.78 Å². The second-order valence-electron chi connectivity index (χ2n) is 1.95. The maximum Gasteiger partial charge on any atom is 0.152 e. The second-order valence-corrected chi connectivity index (χ2v) is 1.95. The van der Waals surface area contributed by atoms with Crippen molar-refractivity contribution in [3.8, 4) is 0 Å². The lowest BCUT2D eigenvalue weighted by Crippen LogP contribution is -2.42. The molecule has 0 saturated heterocycles. The molecule has 0 aliphatic heterocycles. The highest BCUT2D eigenvalue weighted by Crippen LogP contribution is 1.98. The Balaban J connectivity index is 3.92. The number of alkyl halides is 1. The Bertz CT molecular complexity index is 120. The first-order valence-corrected chi connectivity index (χ1v) is 2.84. The van der Waals surface area contributed by atoms with Crippen LogP contribution in [0.3, 0.4) is 0 Å². The van der Waals surface area contributed by atoms with Gasteiger partial charge in [-0.15, -0.1) is 10.0 Å². The molecule has 3 nitrogen and oxygen atoms in total. The van der Waals surface area contributed by atoms with E-state index in [1.54, 1.807) is 0 Å². The van der Waals surface area contributed by atoms with Crippen molar-refractivity contribution in [3.63, 3.8) is 0 Å². The predicted molar refractivity (Wildman–Crippen MR) is 32.7 cm³/mol. The van der Waals surface area contributed by atoms with Gasteiger partial charge >= 0.3 is 0 Å². The number of nitrogens with one attached hydrogen (secondary N) is 1. The van der Waals surface area contributed by atoms with Gasteiger partial charge in [0, 0.05) is 6.54 Å². The molecule has 0 aromatic heterocycles. The van der Waals surface area contributed by atoms with Crippen LogP contribution in [-0.4, -0.2) is 24.5 Å². The topological polar surface area (TPSA) is 55.1 Å². The molecule has 10 heavy (non-hydrogen) atoms. The van der Waals surface area contributed by atoms with Gasteiger partial charge in [-0.2, -0.15) is 0 Å². The lowest BCUT2D eigenvalue weighted by atomic mass is 10.1. The lowest BCUT2D eigenvalue weighted by molar-refractivity contribution is -0.121. The highest BCUT2D eigenvalue weighted by molar-refractivity contribution is 5.81. The van der Waals surface area contributed by atoms with Crippen LogP contribution in [0, 0.1) is 0 Å². The summed E-state index contributed by atoms with van der Waals surface area (Å²) in [5, 5.41) is 0. The summed E-state index contributed by atoms with van der Waals surface area (Å²) < 4.78 is 24.0. The number of halogens is 2. The molecule has 2 atom stereocenters. The van der Waals surface area contributed by atoms with Gasteiger partial charge in [0.2, 0.25) is 0 Å². The van der Waals surface area contributed by atoms with Gasteiger partial charge in [0.25, 0.3) is 0 Å². The third kappa shape index (κ3) is 2.36. The average Bonchev–Trinajstić information content (AvgIpc) is 1.88. The SMILES string of the molecule is CC(=O)C(NF)C(F)CN. The lowest BCUT2D eigenvalue weighted by Gasteiger charge is -2.12. The summed E-state index contributed by atoms with van der Waals surface area (Å²) in [6.07, 6.45) is -1.65. The number of rotatable bonds is 4. The molecule has 0 heterocycles. The monoisotopic (exact) mass is 152 g/mol. The van der Waals surface area contributed by atoms with Crippen LogP contribution >= 0.6 is 0 Å². The molecule has 0 aliphatic rings. The Kier molecular flexibility index (Phi) is 4.06. The van der Waals surface area contributed by atoms with Gasteiger partial charge in [0.05, 0.1) is 0 Å². The molecule has 0 spiro atoms. The van der Waals surface area contributed by atoms with Crippen LogP contribution in [0.1, 0.15) is 6.92 Å². The van der Waals surface area contributed by atoms with Crippen molar-refractivity contribution < 1.29 is 13.7 Å². The van der Waals surface area contributed by atoms with E-state index in [1.807, 2.05) is 0 Å². The fourth-order valence-electron chi connectivity index (χ4n) is 0.536. The quantitative estimate of drug-likeness (QED) is 0.544. The third-order valence-electron chi connectivity index (χ3n) is 1.14. The molecule has 0 aliphatic carbocycles. The van der Waals surface area contributed by atoms with E-state index in [1.165, 1.54) is 0 Å². The summed E-state index contributed by atoms with van der Waals surface area (Å²) >= 11 is 0. The number of carbonyl (C=O) groups excluding carboxylic acids is 1. The van der Waals surface area contributed by atoms with Crippen molar-refractivity contribution in [2.24, 2.45) is 5.73 Å². The van der Waals surface area contributed by atoms with Crippen LogP contribution in [-0.2, 0) is 4.79 Å². The van der Waals surface area contributed by atoms with Crippen LogP contribution in [0.2, 0.25) is 0 Å². The molecule has 0 fully saturated rings. The van der Waals surface area contributed by atoms with E-state index in [-0.39, 0.29) is 6.54 Å². The zero-order chi connectivity index (χ0) is 8.15. The summed E-state index contributed by atoms with van der Waals surface area (Å²) in [6.45, 7) is 0.737. The summed E-state index contributed by atoms with van der Waals surface area (Å²) in [5.41, 5.74) is 5.90. The first-order valence-electron chi connectivity index (χ1n) is 2.84. The zero-order valence-electron chi connectivity index (χ0n) is 5.60. The molecular weight excluding hydrogens is 142 g/mol. The minimum Gasteiger partial charge on any atom is -0.328 e. The summed E-state index contributed by atoms with van der Waals surface area (Å²) in [4.78, 5) is 10.4. The molecule has 0 aromatic rings. The Morgan fingerprint density at radius 1 is 1.80 bits per heavy atom. The van der Waals surface area contributed by atoms with E-state index in [4.69, 9.17) is 5.73 Å². The van der Waals surface area contributed by atoms with Crippen molar-refractivity contribution in [3.05, 3.63) is 0 Å². The summed E-state index contributed by atoms with van der Waals surface area (Å²) in [6, 6.07) is -1.41. The maximum atomic E-state index is 12.4. The Labute approximate surface area is 57.5 Å². The maximum absolute atomic E-state index is 12.4. The molecule has 0 radical (unpaired) electrons. The molecule has 5 heteroatoms. The first kappa shape index (κ1) is 9.45. The van der Waals surface area contributed by atoms with Gasteiger partial charge in [0.1, 0.15) is 12.2 Å². The van der Waals surface area contributed by atoms with Gasteiger partial charge in [0.15, 0.2) is 5.78 Å². The van der Waals surface area contributed by atoms with E-state index < -0.39 is 18.0 Å². The van der Waals surface area contributed by atoms with Crippen LogP contribution in [0.5, 0.6) is 0 Å². The van der Waals surface area contributed by atoms with Crippen LogP contribution in [0.25, 0.3) is 0 Å². The standard InChI is InChI=1S/C5H10F2N2O/c1-3(10)5(9-7)4(6)2-8/h4-5,9H,2,8H2,1H3. The molecule has 0 rings (SSSR count). The van der Waals surface area contributed by atoms with Gasteiger partial charge < -0.3 is 5.73 Å². The van der Waals surface area contributed by atoms with E-state index in [9.17, 15) is 13.7 Å². The van der Waals surface area contributed by atoms with Crippen LogP contribution in [0.15, 0.2) is 0 Å². The molecule has 0 saturated carbocycles. The molecule has 0 aromatic carbocycles. The highest BCUT2D eigenvalue weighted by Gasteiger charge is 2.23. The Morgan fingerprint density at radius 3 is 2.40 bits per heavy atom. The van der Waals surface area contributed by atoms with Gasteiger partial charge in [-0.05, 0) is 6.92 Å². The number of nitrogens with two attached hydrogens (primary N) is 1. The zero-order valence-corrected chi connectivity index (χ0v) is 5.60. The fraction of sp³-hybridized carbons (Fsp3) is 0.800. The minimum absolute atomic E-state index is 0.360. The molecule has 3 N–H and O–H groups in total. The normalized spacial score (nSPS) is 16.4. The van der Waals surface area contributed by atoms with Gasteiger partial charge in [-0.25, -0.2) is 4.39 Å². The molecule has 60 valence electrons. The molecule has 0 amide bonds. The molecular formula is C5H10F2N2O. The van der Waals surface area contributed by atoms with Crippen molar-refractivity contribution in [1.82, 2.24) is 5.54 Å². The number of hydrogen-bond acceptors (Lipinski definition) is 3. The van der Waals surface area contributed by atoms with Crippen molar-refractivity contribution in [1.29, 1.82) is 0 Å². The van der Waals surface area contributed by atoms with E-state index in [0.29, 0.717) is 0 Å². The number of ketones is 1. The second kappa shape index (κ2) is 4.29. The van der Waals surface area contributed by atoms with Crippen molar-refractivity contribution in [2.75, 3.05) is 6.54 Å². The summed E-state index contributed by atoms with van der Waals surface area (Å²) in [5.74, 6) is -0.597. The van der Waals surface area contributed by atoms with Crippen LogP contribution in [0.4, 0.5) is 8.87 Å². The number of Topliss-reactive ketones (excluding diaryl/α,β-unsaturated/α-hetero) is 1. The average molecular weight is 152 g/mol. The number of hydrogen-bond donors (Lipinski definition) is 2. The Hall–Kier alpha value is -0.550. The van der Waals surface area contributed by atoms with Crippen molar-refractivity contribution in [2.45, 2.75) is 19.1 Å². The summed E-state index contributed by atoms with van der Waals surface area (Å²) in [7, 11) is 0. The fourth-order valence-corrected chi connectivity index (χ4v) is 0.536. The smallest absolute Gasteiger partial charge is 0.152 e. The predicted octanol–water partition coefficient (Wildman–Crippen LogP) is -0.285. The largest absolute Gasteiger partial charge is 0.328 e. The van der Waals surface area contributed by atoms with E-state index >= 15 is 0 Å². The van der Waals surface area contributed by atoms with Gasteiger partial charge in [-0.1, -0.05) is 0 Å². The van der Waals surface area contributed by atoms with E-state index in [2.05, 4.69) is 0 Å². The Morgan fingerprint density at radius 2 is 2.30 bits per heavy atom. The van der Waals surface area contributed by atoms with Gasteiger partial charge in [-0.3, -0.25) is 4.79 Å². The third-order valence-corrected chi connectivity index (χ3v) is 1.14.